The SMILES string of the molecule is O=C(CN1CCCc2ccccc21)NNC(=O)C1CCC1. The molecule has 0 aromatic heterocycles. The summed E-state index contributed by atoms with van der Waals surface area (Å²) in [5.41, 5.74) is 7.48. The molecule has 2 amide bonds. The fourth-order valence-corrected chi connectivity index (χ4v) is 2.89. The van der Waals surface area contributed by atoms with E-state index in [0.29, 0.717) is 0 Å². The molecule has 2 N–H and O–H groups in total. The Morgan fingerprint density at radius 2 is 1.95 bits per heavy atom. The van der Waals surface area contributed by atoms with Crippen LogP contribution in [0.5, 0.6) is 0 Å². The Balaban J connectivity index is 1.52. The summed E-state index contributed by atoms with van der Waals surface area (Å²) in [6.45, 7) is 1.16. The lowest BCUT2D eigenvalue weighted by Gasteiger charge is -2.31. The van der Waals surface area contributed by atoms with Gasteiger partial charge >= 0.3 is 0 Å². The number of nitrogens with one attached hydrogen (secondary N) is 2. The van der Waals surface area contributed by atoms with E-state index in [9.17, 15) is 9.59 Å². The van der Waals surface area contributed by atoms with Gasteiger partial charge in [-0.3, -0.25) is 20.4 Å². The molecule has 1 aliphatic carbocycles. The second kappa shape index (κ2) is 6.16. The molecule has 1 aliphatic heterocycles. The third-order valence-corrected chi connectivity index (χ3v) is 4.34. The van der Waals surface area contributed by atoms with Crippen molar-refractivity contribution in [3.05, 3.63) is 29.8 Å². The highest BCUT2D eigenvalue weighted by Crippen LogP contribution is 2.26. The molecular weight excluding hydrogens is 266 g/mol. The lowest BCUT2D eigenvalue weighted by molar-refractivity contribution is -0.132. The van der Waals surface area contributed by atoms with Crippen molar-refractivity contribution in [2.75, 3.05) is 18.0 Å². The Morgan fingerprint density at radius 1 is 1.14 bits per heavy atom. The Kier molecular flexibility index (Phi) is 4.08. The van der Waals surface area contributed by atoms with Crippen molar-refractivity contribution in [3.63, 3.8) is 0 Å². The van der Waals surface area contributed by atoms with Crippen molar-refractivity contribution in [2.24, 2.45) is 5.92 Å². The van der Waals surface area contributed by atoms with Crippen LogP contribution in [0.1, 0.15) is 31.2 Å². The van der Waals surface area contributed by atoms with Crippen LogP contribution in [0.3, 0.4) is 0 Å². The van der Waals surface area contributed by atoms with Gasteiger partial charge in [-0.25, -0.2) is 0 Å². The zero-order valence-electron chi connectivity index (χ0n) is 12.1. The minimum Gasteiger partial charge on any atom is -0.362 e. The van der Waals surface area contributed by atoms with Crippen LogP contribution >= 0.6 is 0 Å². The minimum atomic E-state index is -0.167. The van der Waals surface area contributed by atoms with E-state index >= 15 is 0 Å². The van der Waals surface area contributed by atoms with Crippen molar-refractivity contribution in [1.29, 1.82) is 0 Å². The number of carbonyl (C=O) groups excluding carboxylic acids is 2. The van der Waals surface area contributed by atoms with Gasteiger partial charge in [-0.15, -0.1) is 0 Å². The molecule has 1 aromatic carbocycles. The van der Waals surface area contributed by atoms with Crippen molar-refractivity contribution < 1.29 is 9.59 Å². The topological polar surface area (TPSA) is 61.4 Å². The number of rotatable bonds is 3. The molecule has 3 rings (SSSR count). The summed E-state index contributed by atoms with van der Waals surface area (Å²) in [6.07, 6.45) is 5.09. The lowest BCUT2D eigenvalue weighted by atomic mass is 9.85. The van der Waals surface area contributed by atoms with E-state index in [1.165, 1.54) is 5.56 Å². The fourth-order valence-electron chi connectivity index (χ4n) is 2.89. The maximum atomic E-state index is 12.0. The molecule has 0 radical (unpaired) electrons. The smallest absolute Gasteiger partial charge is 0.257 e. The third-order valence-electron chi connectivity index (χ3n) is 4.34. The quantitative estimate of drug-likeness (QED) is 0.826. The Morgan fingerprint density at radius 3 is 2.71 bits per heavy atom. The van der Waals surface area contributed by atoms with E-state index in [1.807, 2.05) is 12.1 Å². The van der Waals surface area contributed by atoms with Crippen LogP contribution in [0.15, 0.2) is 24.3 Å². The molecular formula is C16H21N3O2. The summed E-state index contributed by atoms with van der Waals surface area (Å²) in [5, 5.41) is 0. The number of aryl methyl sites for hydroxylation is 1. The molecule has 0 saturated heterocycles. The predicted octanol–water partition coefficient (Wildman–Crippen LogP) is 1.39. The highest BCUT2D eigenvalue weighted by molar-refractivity contribution is 5.86. The average molecular weight is 287 g/mol. The van der Waals surface area contributed by atoms with Crippen LogP contribution in [-0.2, 0) is 16.0 Å². The maximum absolute atomic E-state index is 12.0. The number of amides is 2. The van der Waals surface area contributed by atoms with Crippen LogP contribution in [0.2, 0.25) is 0 Å². The molecule has 5 nitrogen and oxygen atoms in total. The second-order valence-corrected chi connectivity index (χ2v) is 5.82. The predicted molar refractivity (Wildman–Crippen MR) is 80.6 cm³/mol. The van der Waals surface area contributed by atoms with Crippen LogP contribution in [-0.4, -0.2) is 24.9 Å². The van der Waals surface area contributed by atoms with Gasteiger partial charge in [0.05, 0.1) is 6.54 Å². The molecule has 2 aliphatic rings. The number of hydrogen-bond acceptors (Lipinski definition) is 3. The third kappa shape index (κ3) is 3.17. The zero-order chi connectivity index (χ0) is 14.7. The van der Waals surface area contributed by atoms with E-state index < -0.39 is 0 Å². The van der Waals surface area contributed by atoms with Crippen LogP contribution in [0.25, 0.3) is 0 Å². The number of hydrogen-bond donors (Lipinski definition) is 2. The molecule has 1 fully saturated rings. The Hall–Kier alpha value is -2.04. The van der Waals surface area contributed by atoms with Crippen LogP contribution < -0.4 is 15.8 Å². The normalized spacial score (nSPS) is 17.6. The first kappa shape index (κ1) is 13.9. The van der Waals surface area contributed by atoms with Crippen molar-refractivity contribution in [2.45, 2.75) is 32.1 Å². The molecule has 0 spiro atoms. The first-order chi connectivity index (χ1) is 10.2. The van der Waals surface area contributed by atoms with Crippen molar-refractivity contribution in [3.8, 4) is 0 Å². The summed E-state index contributed by atoms with van der Waals surface area (Å²) in [4.78, 5) is 25.7. The van der Waals surface area contributed by atoms with E-state index in [0.717, 1.165) is 44.3 Å². The number of benzene rings is 1. The second-order valence-electron chi connectivity index (χ2n) is 5.82. The van der Waals surface area contributed by atoms with Gasteiger partial charge in [0.2, 0.25) is 5.91 Å². The van der Waals surface area contributed by atoms with E-state index in [-0.39, 0.29) is 24.3 Å². The van der Waals surface area contributed by atoms with Crippen molar-refractivity contribution >= 4 is 17.5 Å². The van der Waals surface area contributed by atoms with Gasteiger partial charge in [-0.1, -0.05) is 24.6 Å². The highest BCUT2D eigenvalue weighted by Gasteiger charge is 2.25. The van der Waals surface area contributed by atoms with Crippen molar-refractivity contribution in [1.82, 2.24) is 10.9 Å². The Bertz CT molecular complexity index is 540. The van der Waals surface area contributed by atoms with E-state index in [2.05, 4.69) is 27.9 Å². The summed E-state index contributed by atoms with van der Waals surface area (Å²) in [6, 6.07) is 8.18. The number of hydrazine groups is 1. The molecule has 0 unspecified atom stereocenters. The molecule has 5 heteroatoms. The van der Waals surface area contributed by atoms with Gasteiger partial charge in [0.25, 0.3) is 5.91 Å². The standard InChI is InChI=1S/C16H21N3O2/c20-15(17-18-16(21)13-6-3-7-13)11-19-10-4-8-12-5-1-2-9-14(12)19/h1-2,5,9,13H,3-4,6-8,10-11H2,(H,17,20)(H,18,21). The fraction of sp³-hybridized carbons (Fsp3) is 0.500. The summed E-state index contributed by atoms with van der Waals surface area (Å²) in [5.74, 6) is -0.144. The van der Waals surface area contributed by atoms with Crippen LogP contribution in [0, 0.1) is 5.92 Å². The monoisotopic (exact) mass is 287 g/mol. The van der Waals surface area contributed by atoms with Gasteiger partial charge in [0.15, 0.2) is 0 Å². The van der Waals surface area contributed by atoms with E-state index in [4.69, 9.17) is 0 Å². The summed E-state index contributed by atoms with van der Waals surface area (Å²) < 4.78 is 0. The first-order valence-corrected chi connectivity index (χ1v) is 7.65. The van der Waals surface area contributed by atoms with Gasteiger partial charge in [-0.2, -0.15) is 0 Å². The number of anilines is 1. The molecule has 0 atom stereocenters. The summed E-state index contributed by atoms with van der Waals surface area (Å²) >= 11 is 0. The summed E-state index contributed by atoms with van der Waals surface area (Å²) in [7, 11) is 0. The molecule has 1 saturated carbocycles. The van der Waals surface area contributed by atoms with Crippen LogP contribution in [0.4, 0.5) is 5.69 Å². The zero-order valence-corrected chi connectivity index (χ0v) is 12.1. The number of nitrogens with zero attached hydrogens (tertiary/aromatic N) is 1. The van der Waals surface area contributed by atoms with E-state index in [1.54, 1.807) is 0 Å². The molecule has 1 heterocycles. The van der Waals surface area contributed by atoms with Gasteiger partial charge in [0, 0.05) is 18.2 Å². The molecule has 1 aromatic rings. The Labute approximate surface area is 124 Å². The van der Waals surface area contributed by atoms with Gasteiger partial charge < -0.3 is 4.90 Å². The van der Waals surface area contributed by atoms with Gasteiger partial charge in [0.1, 0.15) is 0 Å². The highest BCUT2D eigenvalue weighted by atomic mass is 16.2. The maximum Gasteiger partial charge on any atom is 0.257 e. The lowest BCUT2D eigenvalue weighted by Crippen LogP contribution is -2.49. The number of carbonyl (C=O) groups is 2. The molecule has 112 valence electrons. The minimum absolute atomic E-state index is 0.0614. The molecule has 0 bridgehead atoms. The number of para-hydroxylation sites is 1. The number of fused-ring (bicyclic) bond motifs is 1. The molecule has 21 heavy (non-hydrogen) atoms. The largest absolute Gasteiger partial charge is 0.362 e. The average Bonchev–Trinajstić information content (AvgIpc) is 2.44. The first-order valence-electron chi connectivity index (χ1n) is 7.65. The van der Waals surface area contributed by atoms with Gasteiger partial charge in [-0.05, 0) is 37.3 Å².